The van der Waals surface area contributed by atoms with Gasteiger partial charge in [-0.05, 0) is 29.9 Å². The Labute approximate surface area is 147 Å². The molecule has 23 heavy (non-hydrogen) atoms. The fourth-order valence-electron chi connectivity index (χ4n) is 2.16. The molecule has 1 heterocycles. The van der Waals surface area contributed by atoms with Crippen LogP contribution >= 0.6 is 23.7 Å². The van der Waals surface area contributed by atoms with Crippen LogP contribution in [-0.2, 0) is 13.0 Å². The summed E-state index contributed by atoms with van der Waals surface area (Å²) in [5, 5.41) is 5.44. The molecule has 4 nitrogen and oxygen atoms in total. The smallest absolute Gasteiger partial charge is 0.270 e. The first-order valence-electron chi connectivity index (χ1n) is 7.61. The molecule has 0 aliphatic carbocycles. The van der Waals surface area contributed by atoms with Gasteiger partial charge in [0.25, 0.3) is 5.91 Å². The molecule has 0 unspecified atom stereocenters. The van der Waals surface area contributed by atoms with Crippen LogP contribution in [0.4, 0.5) is 0 Å². The quantitative estimate of drug-likeness (QED) is 0.748. The maximum atomic E-state index is 11.9. The Bertz CT molecular complexity index is 611. The monoisotopic (exact) mass is 353 g/mol. The zero-order chi connectivity index (χ0) is 15.9. The van der Waals surface area contributed by atoms with Gasteiger partial charge in [-0.2, -0.15) is 0 Å². The molecule has 2 rings (SSSR count). The molecular weight excluding hydrogens is 330 g/mol. The Morgan fingerprint density at radius 1 is 1.30 bits per heavy atom. The molecule has 126 valence electrons. The molecule has 0 fully saturated rings. The number of hydrogen-bond donors (Lipinski definition) is 2. The van der Waals surface area contributed by atoms with Crippen LogP contribution in [-0.4, -0.2) is 17.4 Å². The molecule has 1 aromatic carbocycles. The Morgan fingerprint density at radius 2 is 2.00 bits per heavy atom. The van der Waals surface area contributed by atoms with Gasteiger partial charge in [0.15, 0.2) is 0 Å². The third-order valence-electron chi connectivity index (χ3n) is 3.53. The van der Waals surface area contributed by atoms with E-state index in [1.807, 2.05) is 0 Å². The Kier molecular flexibility index (Phi) is 8.23. The molecule has 0 aliphatic rings. The van der Waals surface area contributed by atoms with Crippen molar-refractivity contribution in [2.45, 2.75) is 39.2 Å². The fourth-order valence-corrected chi connectivity index (χ4v) is 2.82. The highest BCUT2D eigenvalue weighted by molar-refractivity contribution is 7.09. The molecule has 6 heteroatoms. The summed E-state index contributed by atoms with van der Waals surface area (Å²) in [6.07, 6.45) is 1.88. The zero-order valence-electron chi connectivity index (χ0n) is 13.5. The van der Waals surface area contributed by atoms with Crippen LogP contribution in [0.15, 0.2) is 29.6 Å². The van der Waals surface area contributed by atoms with E-state index in [1.54, 1.807) is 5.38 Å². The van der Waals surface area contributed by atoms with Crippen LogP contribution in [0.25, 0.3) is 0 Å². The molecule has 0 saturated heterocycles. The van der Waals surface area contributed by atoms with Gasteiger partial charge in [-0.15, -0.1) is 23.7 Å². The number of aromatic nitrogens is 1. The number of nitrogens with one attached hydrogen (secondary N) is 1. The Morgan fingerprint density at radius 3 is 2.57 bits per heavy atom. The van der Waals surface area contributed by atoms with Crippen molar-refractivity contribution in [2.24, 2.45) is 5.73 Å². The number of nitrogens with two attached hydrogens (primary N) is 1. The second-order valence-corrected chi connectivity index (χ2v) is 6.53. The number of hydrogen-bond acceptors (Lipinski definition) is 4. The number of carbonyl (C=O) groups is 1. The summed E-state index contributed by atoms with van der Waals surface area (Å²) in [6, 6.07) is 8.71. The number of thiazole rings is 1. The first-order chi connectivity index (χ1) is 10.6. The van der Waals surface area contributed by atoms with Crippen LogP contribution in [0.5, 0.6) is 0 Å². The van der Waals surface area contributed by atoms with Crippen LogP contribution in [0.1, 0.15) is 52.8 Å². The largest absolute Gasteiger partial charge is 0.351 e. The summed E-state index contributed by atoms with van der Waals surface area (Å²) in [5.74, 6) is 0.441. The van der Waals surface area contributed by atoms with E-state index in [4.69, 9.17) is 5.73 Å². The first-order valence-corrected chi connectivity index (χ1v) is 8.49. The van der Waals surface area contributed by atoms with E-state index < -0.39 is 0 Å². The van der Waals surface area contributed by atoms with Gasteiger partial charge in [0.1, 0.15) is 10.7 Å². The fraction of sp³-hybridized carbons (Fsp3) is 0.412. The van der Waals surface area contributed by atoms with Crippen molar-refractivity contribution in [3.63, 3.8) is 0 Å². The molecule has 1 aromatic heterocycles. The highest BCUT2D eigenvalue weighted by Crippen LogP contribution is 2.15. The maximum absolute atomic E-state index is 11.9. The van der Waals surface area contributed by atoms with Crippen LogP contribution in [0.2, 0.25) is 0 Å². The molecule has 0 radical (unpaired) electrons. The minimum Gasteiger partial charge on any atom is -0.351 e. The van der Waals surface area contributed by atoms with E-state index in [2.05, 4.69) is 48.4 Å². The Balaban J connectivity index is 0.00000264. The Hall–Kier alpha value is -1.43. The second-order valence-electron chi connectivity index (χ2n) is 5.59. The van der Waals surface area contributed by atoms with Crippen LogP contribution in [0, 0.1) is 0 Å². The van der Waals surface area contributed by atoms with E-state index in [-0.39, 0.29) is 18.3 Å². The lowest BCUT2D eigenvalue weighted by atomic mass is 10.0. The maximum Gasteiger partial charge on any atom is 0.270 e. The van der Waals surface area contributed by atoms with Crippen LogP contribution in [0.3, 0.4) is 0 Å². The molecule has 0 atom stereocenters. The number of aryl methyl sites for hydroxylation is 1. The average Bonchev–Trinajstić information content (AvgIpc) is 3.01. The SMILES string of the molecule is CC(C)c1ccc(CCCNC(=O)c2csc(CN)n2)cc1.Cl. The van der Waals surface area contributed by atoms with Crippen LogP contribution < -0.4 is 11.1 Å². The summed E-state index contributed by atoms with van der Waals surface area (Å²) in [5.41, 5.74) is 8.62. The molecule has 0 saturated carbocycles. The van der Waals surface area contributed by atoms with Gasteiger partial charge in [-0.3, -0.25) is 4.79 Å². The highest BCUT2D eigenvalue weighted by Gasteiger charge is 2.09. The van der Waals surface area contributed by atoms with Gasteiger partial charge >= 0.3 is 0 Å². The predicted octanol–water partition coefficient (Wildman–Crippen LogP) is 3.51. The molecule has 1 amide bonds. The minimum absolute atomic E-state index is 0. The first kappa shape index (κ1) is 19.6. The number of nitrogens with zero attached hydrogens (tertiary/aromatic N) is 1. The lowest BCUT2D eigenvalue weighted by molar-refractivity contribution is 0.0949. The number of benzene rings is 1. The number of rotatable bonds is 7. The standard InChI is InChI=1S/C17H23N3OS.ClH/c1-12(2)14-7-5-13(6-8-14)4-3-9-19-17(21)15-11-22-16(10-18)20-15;/h5-8,11-12H,3-4,9-10,18H2,1-2H3,(H,19,21);1H. The molecule has 3 N–H and O–H groups in total. The third-order valence-corrected chi connectivity index (χ3v) is 4.40. The van der Waals surface area contributed by atoms with E-state index in [0.717, 1.165) is 17.8 Å². The molecule has 2 aromatic rings. The topological polar surface area (TPSA) is 68.0 Å². The van der Waals surface area contributed by atoms with E-state index in [1.165, 1.54) is 22.5 Å². The summed E-state index contributed by atoms with van der Waals surface area (Å²) in [7, 11) is 0. The van der Waals surface area contributed by atoms with Gasteiger partial charge in [0.05, 0.1) is 0 Å². The van der Waals surface area contributed by atoms with E-state index in [0.29, 0.717) is 24.7 Å². The van der Waals surface area contributed by atoms with Crippen molar-refractivity contribution < 1.29 is 4.79 Å². The van der Waals surface area contributed by atoms with Gasteiger partial charge in [0.2, 0.25) is 0 Å². The van der Waals surface area contributed by atoms with E-state index in [9.17, 15) is 4.79 Å². The van der Waals surface area contributed by atoms with Gasteiger partial charge in [-0.1, -0.05) is 38.1 Å². The molecule has 0 spiro atoms. The molecular formula is C17H24ClN3OS. The number of carbonyl (C=O) groups excluding carboxylic acids is 1. The van der Waals surface area contributed by atoms with E-state index >= 15 is 0 Å². The normalized spacial score (nSPS) is 10.4. The minimum atomic E-state index is -0.119. The van der Waals surface area contributed by atoms with Crippen molar-refractivity contribution in [3.05, 3.63) is 51.5 Å². The van der Waals surface area contributed by atoms with Gasteiger partial charge in [-0.25, -0.2) is 4.98 Å². The third kappa shape index (κ3) is 5.94. The summed E-state index contributed by atoms with van der Waals surface area (Å²) in [4.78, 5) is 16.1. The summed E-state index contributed by atoms with van der Waals surface area (Å²) < 4.78 is 0. The summed E-state index contributed by atoms with van der Waals surface area (Å²) in [6.45, 7) is 5.42. The molecule has 0 bridgehead atoms. The van der Waals surface area contributed by atoms with Crippen molar-refractivity contribution in [1.29, 1.82) is 0 Å². The average molecular weight is 354 g/mol. The number of amides is 1. The predicted molar refractivity (Wildman–Crippen MR) is 98.4 cm³/mol. The second kappa shape index (κ2) is 9.65. The number of halogens is 1. The lowest BCUT2D eigenvalue weighted by Gasteiger charge is -2.07. The van der Waals surface area contributed by atoms with Gasteiger partial charge < -0.3 is 11.1 Å². The summed E-state index contributed by atoms with van der Waals surface area (Å²) >= 11 is 1.42. The van der Waals surface area contributed by atoms with Crippen molar-refractivity contribution in [1.82, 2.24) is 10.3 Å². The van der Waals surface area contributed by atoms with Crippen molar-refractivity contribution in [3.8, 4) is 0 Å². The van der Waals surface area contributed by atoms with Crippen molar-refractivity contribution in [2.75, 3.05) is 6.54 Å². The lowest BCUT2D eigenvalue weighted by Crippen LogP contribution is -2.25. The molecule has 0 aliphatic heterocycles. The van der Waals surface area contributed by atoms with Crippen molar-refractivity contribution >= 4 is 29.7 Å². The zero-order valence-corrected chi connectivity index (χ0v) is 15.2. The highest BCUT2D eigenvalue weighted by atomic mass is 35.5. The van der Waals surface area contributed by atoms with Gasteiger partial charge in [0, 0.05) is 18.5 Å².